The Kier molecular flexibility index (Phi) is 5.92. The second kappa shape index (κ2) is 8.79. The first-order chi connectivity index (χ1) is 16.6. The van der Waals surface area contributed by atoms with Crippen LogP contribution in [0.5, 0.6) is 0 Å². The van der Waals surface area contributed by atoms with Gasteiger partial charge in [0.25, 0.3) is 0 Å². The molecule has 1 aliphatic rings. The summed E-state index contributed by atoms with van der Waals surface area (Å²) in [6.45, 7) is 5.53. The summed E-state index contributed by atoms with van der Waals surface area (Å²) in [5.41, 5.74) is 0.428. The molecule has 4 heterocycles. The van der Waals surface area contributed by atoms with Gasteiger partial charge in [0.1, 0.15) is 21.1 Å². The van der Waals surface area contributed by atoms with Crippen molar-refractivity contribution in [2.24, 2.45) is 7.05 Å². The number of hydrogen-bond donors (Lipinski definition) is 0. The fourth-order valence-electron chi connectivity index (χ4n) is 4.98. The first-order valence-corrected chi connectivity index (χ1v) is 14.1. The third-order valence-corrected chi connectivity index (χ3v) is 9.92. The van der Waals surface area contributed by atoms with Gasteiger partial charge in [-0.2, -0.15) is 13.2 Å². The molecule has 35 heavy (non-hydrogen) atoms. The van der Waals surface area contributed by atoms with Crippen molar-refractivity contribution in [3.8, 4) is 5.69 Å². The predicted molar refractivity (Wildman–Crippen MR) is 129 cm³/mol. The molecular weight excluding hydrogens is 473 g/mol. The summed E-state index contributed by atoms with van der Waals surface area (Å²) in [7, 11) is 0.747. The van der Waals surface area contributed by atoms with Crippen molar-refractivity contribution in [2.45, 2.75) is 44.6 Å². The number of halogens is 3. The summed E-state index contributed by atoms with van der Waals surface area (Å²) >= 11 is 0. The first kappa shape index (κ1) is 23.6. The van der Waals surface area contributed by atoms with Crippen LogP contribution in [0, 0.1) is 0 Å². The number of nitrogens with zero attached hydrogens (tertiary/aromatic N) is 6. The number of fused-ring (bicyclic) bond motifs is 1. The van der Waals surface area contributed by atoms with Gasteiger partial charge in [-0.3, -0.25) is 8.97 Å². The molecule has 0 bridgehead atoms. The number of rotatable bonds is 5. The van der Waals surface area contributed by atoms with Crippen molar-refractivity contribution in [1.82, 2.24) is 28.3 Å². The molecule has 1 aliphatic heterocycles. The lowest BCUT2D eigenvalue weighted by Gasteiger charge is -2.21. The molecule has 2 atom stereocenters. The molecule has 0 saturated carbocycles. The standard InChI is InChI=1S/C24H27F3N6OSi/c1-16(22-29-28-15-30(22)2)18-6-4-7-19(11-18)32-14-21-20(24(25,26)27)10-17(13-33(21)23(32)34)12-31-8-5-9-35(31)3/h4,6-7,10-11,13-16,35H,5,8-9,12H2,1-3H3/t16-,35-/m0/s1. The Labute approximate surface area is 202 Å². The van der Waals surface area contributed by atoms with Gasteiger partial charge in [0.2, 0.25) is 0 Å². The first-order valence-electron chi connectivity index (χ1n) is 11.7. The topological polar surface area (TPSA) is 60.4 Å². The molecule has 11 heteroatoms. The van der Waals surface area contributed by atoms with Crippen LogP contribution in [-0.4, -0.2) is 43.8 Å². The molecule has 0 spiro atoms. The number of imidazole rings is 1. The molecular formula is C24H27F3N6OSi. The lowest BCUT2D eigenvalue weighted by Crippen LogP contribution is -2.30. The van der Waals surface area contributed by atoms with Crippen molar-refractivity contribution in [3.05, 3.63) is 82.1 Å². The summed E-state index contributed by atoms with van der Waals surface area (Å²) in [6, 6.07) is 9.59. The number of aryl methyl sites for hydroxylation is 1. The molecule has 184 valence electrons. The fraction of sp³-hybridized carbons (Fsp3) is 0.375. The quantitative estimate of drug-likeness (QED) is 0.390. The van der Waals surface area contributed by atoms with Crippen LogP contribution in [-0.2, 0) is 19.8 Å². The van der Waals surface area contributed by atoms with E-state index < -0.39 is 26.4 Å². The second-order valence-corrected chi connectivity index (χ2v) is 12.4. The zero-order chi connectivity index (χ0) is 24.9. The molecule has 7 nitrogen and oxygen atoms in total. The Morgan fingerprint density at radius 3 is 2.66 bits per heavy atom. The van der Waals surface area contributed by atoms with Crippen LogP contribution in [0.3, 0.4) is 0 Å². The van der Waals surface area contributed by atoms with E-state index in [-0.39, 0.29) is 11.4 Å². The SMILES string of the molecule is C[C@@H](c1cccc(-n2cc3c(C(F)(F)F)cc(CN4CCC[Si@@H]4C)cn3c2=O)c1)c1nncn1C. The lowest BCUT2D eigenvalue weighted by atomic mass is 10.00. The molecule has 0 N–H and O–H groups in total. The van der Waals surface area contributed by atoms with E-state index in [1.165, 1.54) is 16.8 Å². The molecule has 1 aromatic carbocycles. The summed E-state index contributed by atoms with van der Waals surface area (Å²) < 4.78 is 48.7. The van der Waals surface area contributed by atoms with E-state index in [9.17, 15) is 18.0 Å². The van der Waals surface area contributed by atoms with Crippen molar-refractivity contribution < 1.29 is 13.2 Å². The minimum atomic E-state index is -4.57. The van der Waals surface area contributed by atoms with E-state index in [4.69, 9.17) is 0 Å². The van der Waals surface area contributed by atoms with Gasteiger partial charge >= 0.3 is 11.9 Å². The van der Waals surface area contributed by atoms with E-state index in [0.717, 1.165) is 34.8 Å². The van der Waals surface area contributed by atoms with Crippen LogP contribution in [0.1, 0.15) is 41.8 Å². The normalized spacial score (nSPS) is 17.9. The average Bonchev–Trinajstić information content (AvgIpc) is 3.52. The smallest absolute Gasteiger partial charge is 0.322 e. The van der Waals surface area contributed by atoms with Gasteiger partial charge < -0.3 is 9.13 Å². The van der Waals surface area contributed by atoms with Crippen molar-refractivity contribution in [3.63, 3.8) is 0 Å². The minimum absolute atomic E-state index is 0.112. The van der Waals surface area contributed by atoms with Crippen LogP contribution in [0.4, 0.5) is 13.2 Å². The second-order valence-electron chi connectivity index (χ2n) is 9.38. The van der Waals surface area contributed by atoms with Crippen LogP contribution >= 0.6 is 0 Å². The van der Waals surface area contributed by atoms with E-state index in [1.54, 1.807) is 24.7 Å². The number of alkyl halides is 3. The third-order valence-electron chi connectivity index (χ3n) is 6.99. The lowest BCUT2D eigenvalue weighted by molar-refractivity contribution is -0.136. The van der Waals surface area contributed by atoms with Crippen LogP contribution in [0.25, 0.3) is 11.2 Å². The maximum absolute atomic E-state index is 14.1. The Morgan fingerprint density at radius 2 is 2.00 bits per heavy atom. The fourth-order valence-corrected chi connectivity index (χ4v) is 7.27. The molecule has 0 amide bonds. The molecule has 5 rings (SSSR count). The zero-order valence-corrected chi connectivity index (χ0v) is 21.0. The van der Waals surface area contributed by atoms with E-state index in [1.807, 2.05) is 30.7 Å². The van der Waals surface area contributed by atoms with Gasteiger partial charge in [-0.1, -0.05) is 25.6 Å². The molecule has 0 radical (unpaired) electrons. The maximum atomic E-state index is 14.1. The van der Waals surface area contributed by atoms with Crippen LogP contribution in [0.15, 0.2) is 53.8 Å². The van der Waals surface area contributed by atoms with Gasteiger partial charge in [-0.15, -0.1) is 10.2 Å². The van der Waals surface area contributed by atoms with Gasteiger partial charge in [0.05, 0.1) is 16.8 Å². The summed E-state index contributed by atoms with van der Waals surface area (Å²) in [5, 5.41) is 8.08. The Bertz CT molecular complexity index is 1440. The molecule has 4 aromatic rings. The number of hydrogen-bond acceptors (Lipinski definition) is 4. The molecule has 1 fully saturated rings. The third kappa shape index (κ3) is 4.34. The highest BCUT2D eigenvalue weighted by molar-refractivity contribution is 6.54. The highest BCUT2D eigenvalue weighted by atomic mass is 28.3. The van der Waals surface area contributed by atoms with Crippen LogP contribution in [0.2, 0.25) is 12.6 Å². The Morgan fingerprint density at radius 1 is 1.20 bits per heavy atom. The number of aromatic nitrogens is 5. The summed E-state index contributed by atoms with van der Waals surface area (Å²) in [5.74, 6) is 0.638. The van der Waals surface area contributed by atoms with Gasteiger partial charge in [-0.25, -0.2) is 4.79 Å². The molecule has 1 saturated heterocycles. The van der Waals surface area contributed by atoms with Crippen LogP contribution < -0.4 is 5.69 Å². The number of pyridine rings is 1. The van der Waals surface area contributed by atoms with Crippen molar-refractivity contribution in [1.29, 1.82) is 0 Å². The molecule has 0 unspecified atom stereocenters. The molecule has 3 aromatic heterocycles. The highest BCUT2D eigenvalue weighted by Gasteiger charge is 2.35. The summed E-state index contributed by atoms with van der Waals surface area (Å²) in [6.07, 6.45) is 0.974. The van der Waals surface area contributed by atoms with Gasteiger partial charge in [0.15, 0.2) is 0 Å². The summed E-state index contributed by atoms with van der Waals surface area (Å²) in [4.78, 5) is 13.4. The average molecular weight is 501 g/mol. The van der Waals surface area contributed by atoms with E-state index >= 15 is 0 Å². The van der Waals surface area contributed by atoms with Crippen molar-refractivity contribution >= 4 is 14.5 Å². The number of benzene rings is 1. The van der Waals surface area contributed by atoms with E-state index in [0.29, 0.717) is 17.8 Å². The van der Waals surface area contributed by atoms with Crippen molar-refractivity contribution in [2.75, 3.05) is 6.54 Å². The van der Waals surface area contributed by atoms with Gasteiger partial charge in [-0.05, 0) is 48.3 Å². The van der Waals surface area contributed by atoms with Gasteiger partial charge in [0, 0.05) is 31.9 Å². The molecule has 0 aliphatic carbocycles. The predicted octanol–water partition coefficient (Wildman–Crippen LogP) is 3.95. The monoisotopic (exact) mass is 500 g/mol. The maximum Gasteiger partial charge on any atom is 0.418 e. The largest absolute Gasteiger partial charge is 0.418 e. The zero-order valence-electron chi connectivity index (χ0n) is 19.8. The Hall–Kier alpha value is -3.18. The minimum Gasteiger partial charge on any atom is -0.322 e. The highest BCUT2D eigenvalue weighted by Crippen LogP contribution is 2.34. The van der Waals surface area contributed by atoms with E-state index in [2.05, 4.69) is 21.3 Å². The Balaban J connectivity index is 1.60.